The fraction of sp³-hybridized carbons (Fsp3) is 0.500. The Morgan fingerprint density at radius 1 is 1.67 bits per heavy atom. The smallest absolute Gasteiger partial charge is 0.0921 e. The van der Waals surface area contributed by atoms with Gasteiger partial charge in [0.2, 0.25) is 0 Å². The second-order valence-electron chi connectivity index (χ2n) is 3.50. The zero-order valence-corrected chi connectivity index (χ0v) is 7.38. The lowest BCUT2D eigenvalue weighted by Gasteiger charge is -2.09. The summed E-state index contributed by atoms with van der Waals surface area (Å²) in [5, 5.41) is 0. The number of allylic oxidation sites excluding steroid dienone is 2. The Labute approximate surface area is 72.7 Å². The van der Waals surface area contributed by atoms with E-state index in [0.717, 1.165) is 12.3 Å². The molecule has 2 rings (SSSR count). The highest BCUT2D eigenvalue weighted by Crippen LogP contribution is 2.27. The maximum Gasteiger partial charge on any atom is 0.0921 e. The predicted octanol–water partition coefficient (Wildman–Crippen LogP) is 2.31. The van der Waals surface area contributed by atoms with Crippen molar-refractivity contribution in [2.45, 2.75) is 26.2 Å². The largest absolute Gasteiger partial charge is 0.348 e. The van der Waals surface area contributed by atoms with Gasteiger partial charge in [0.05, 0.1) is 6.33 Å². The molecule has 1 aliphatic carbocycles. The Morgan fingerprint density at radius 2 is 2.58 bits per heavy atom. The van der Waals surface area contributed by atoms with Crippen molar-refractivity contribution in [3.8, 4) is 0 Å². The van der Waals surface area contributed by atoms with E-state index in [2.05, 4.69) is 23.0 Å². The van der Waals surface area contributed by atoms with E-state index in [1.165, 1.54) is 18.5 Å². The van der Waals surface area contributed by atoms with Crippen LogP contribution in [0.2, 0.25) is 0 Å². The van der Waals surface area contributed by atoms with Gasteiger partial charge in [-0.2, -0.15) is 0 Å². The number of aromatic amines is 1. The monoisotopic (exact) mass is 162 g/mol. The first-order valence-corrected chi connectivity index (χ1v) is 4.50. The van der Waals surface area contributed by atoms with Gasteiger partial charge in [-0.25, -0.2) is 4.98 Å². The van der Waals surface area contributed by atoms with Gasteiger partial charge in [0, 0.05) is 11.9 Å². The first kappa shape index (κ1) is 7.59. The Balaban J connectivity index is 2.00. The van der Waals surface area contributed by atoms with Crippen LogP contribution in [0.5, 0.6) is 0 Å². The van der Waals surface area contributed by atoms with Crippen LogP contribution in [0.15, 0.2) is 24.2 Å². The third-order valence-electron chi connectivity index (χ3n) is 2.65. The van der Waals surface area contributed by atoms with Crippen molar-refractivity contribution in [2.24, 2.45) is 5.92 Å². The van der Waals surface area contributed by atoms with E-state index in [1.54, 1.807) is 11.9 Å². The molecule has 0 saturated carbocycles. The van der Waals surface area contributed by atoms with Crippen LogP contribution < -0.4 is 0 Å². The number of rotatable bonds is 2. The molecule has 2 heteroatoms. The van der Waals surface area contributed by atoms with Crippen LogP contribution in [-0.2, 0) is 6.42 Å². The predicted molar refractivity (Wildman–Crippen MR) is 48.8 cm³/mol. The molecule has 1 aliphatic rings. The number of H-pyrrole nitrogens is 1. The van der Waals surface area contributed by atoms with Crippen LogP contribution in [0.3, 0.4) is 0 Å². The van der Waals surface area contributed by atoms with Crippen molar-refractivity contribution in [2.75, 3.05) is 0 Å². The molecule has 1 N–H and O–H groups in total. The molecule has 1 aromatic heterocycles. The van der Waals surface area contributed by atoms with Crippen molar-refractivity contribution in [3.05, 3.63) is 29.9 Å². The molecule has 0 fully saturated rings. The summed E-state index contributed by atoms with van der Waals surface area (Å²) in [6.07, 6.45) is 9.72. The molecule has 0 bridgehead atoms. The van der Waals surface area contributed by atoms with E-state index in [0.29, 0.717) is 0 Å². The third kappa shape index (κ3) is 1.42. The summed E-state index contributed by atoms with van der Waals surface area (Å²) in [5.74, 6) is 0.755. The average molecular weight is 162 g/mol. The topological polar surface area (TPSA) is 28.7 Å². The first-order chi connectivity index (χ1) is 5.86. The Morgan fingerprint density at radius 3 is 3.17 bits per heavy atom. The van der Waals surface area contributed by atoms with Gasteiger partial charge in [-0.15, -0.1) is 0 Å². The molecule has 0 saturated heterocycles. The fourth-order valence-corrected chi connectivity index (χ4v) is 1.83. The van der Waals surface area contributed by atoms with Crippen molar-refractivity contribution >= 4 is 0 Å². The van der Waals surface area contributed by atoms with Gasteiger partial charge < -0.3 is 4.98 Å². The molecule has 0 aliphatic heterocycles. The lowest BCUT2D eigenvalue weighted by Crippen LogP contribution is -2.01. The van der Waals surface area contributed by atoms with Crippen LogP contribution in [0.4, 0.5) is 0 Å². The molecule has 0 radical (unpaired) electrons. The molecule has 0 amide bonds. The summed E-state index contributed by atoms with van der Waals surface area (Å²) >= 11 is 0. The van der Waals surface area contributed by atoms with Crippen molar-refractivity contribution in [1.82, 2.24) is 9.97 Å². The number of hydrogen-bond acceptors (Lipinski definition) is 1. The number of hydrogen-bond donors (Lipinski definition) is 1. The molecule has 0 aromatic carbocycles. The van der Waals surface area contributed by atoms with Gasteiger partial charge >= 0.3 is 0 Å². The van der Waals surface area contributed by atoms with Gasteiger partial charge in [-0.3, -0.25) is 0 Å². The summed E-state index contributed by atoms with van der Waals surface area (Å²) in [6.45, 7) is 2.23. The standard InChI is InChI=1S/C10H14N2/c1-8-3-2-4-9(8)5-10-6-11-7-12-10/h3,6-7,9H,2,4-5H2,1H3,(H,11,12). The highest BCUT2D eigenvalue weighted by atomic mass is 14.9. The molecule has 1 atom stereocenters. The van der Waals surface area contributed by atoms with E-state index >= 15 is 0 Å². The molecule has 12 heavy (non-hydrogen) atoms. The Hall–Kier alpha value is -1.05. The summed E-state index contributed by atoms with van der Waals surface area (Å²) in [6, 6.07) is 0. The minimum Gasteiger partial charge on any atom is -0.348 e. The summed E-state index contributed by atoms with van der Waals surface area (Å²) in [4.78, 5) is 7.16. The molecule has 0 spiro atoms. The van der Waals surface area contributed by atoms with Gasteiger partial charge in [-0.1, -0.05) is 11.6 Å². The molecule has 1 unspecified atom stereocenters. The van der Waals surface area contributed by atoms with Crippen LogP contribution >= 0.6 is 0 Å². The van der Waals surface area contributed by atoms with E-state index in [-0.39, 0.29) is 0 Å². The highest BCUT2D eigenvalue weighted by Gasteiger charge is 2.16. The van der Waals surface area contributed by atoms with Crippen LogP contribution in [0.25, 0.3) is 0 Å². The van der Waals surface area contributed by atoms with Crippen LogP contribution in [-0.4, -0.2) is 9.97 Å². The maximum atomic E-state index is 4.01. The summed E-state index contributed by atoms with van der Waals surface area (Å²) in [7, 11) is 0. The third-order valence-corrected chi connectivity index (χ3v) is 2.65. The van der Waals surface area contributed by atoms with E-state index in [1.807, 2.05) is 6.20 Å². The van der Waals surface area contributed by atoms with Crippen LogP contribution in [0.1, 0.15) is 25.5 Å². The minimum atomic E-state index is 0.755. The SMILES string of the molecule is CC1=CCCC1Cc1cnc[nH]1. The quantitative estimate of drug-likeness (QED) is 0.664. The second-order valence-corrected chi connectivity index (χ2v) is 3.50. The van der Waals surface area contributed by atoms with E-state index < -0.39 is 0 Å². The Bertz CT molecular complexity index is 272. The highest BCUT2D eigenvalue weighted by molar-refractivity contribution is 5.13. The normalized spacial score (nSPS) is 22.8. The maximum absolute atomic E-state index is 4.01. The zero-order chi connectivity index (χ0) is 8.39. The molecule has 2 nitrogen and oxygen atoms in total. The number of imidazole rings is 1. The van der Waals surface area contributed by atoms with Gasteiger partial charge in [-0.05, 0) is 32.1 Å². The van der Waals surface area contributed by atoms with Gasteiger partial charge in [0.25, 0.3) is 0 Å². The average Bonchev–Trinajstić information content (AvgIpc) is 2.65. The lowest BCUT2D eigenvalue weighted by molar-refractivity contribution is 0.595. The fourth-order valence-electron chi connectivity index (χ4n) is 1.83. The molecular formula is C10H14N2. The van der Waals surface area contributed by atoms with Crippen LogP contribution in [0, 0.1) is 5.92 Å². The van der Waals surface area contributed by atoms with E-state index in [9.17, 15) is 0 Å². The zero-order valence-electron chi connectivity index (χ0n) is 7.38. The van der Waals surface area contributed by atoms with Crippen molar-refractivity contribution < 1.29 is 0 Å². The second kappa shape index (κ2) is 3.13. The Kier molecular flexibility index (Phi) is 1.98. The van der Waals surface area contributed by atoms with Crippen molar-refractivity contribution in [3.63, 3.8) is 0 Å². The summed E-state index contributed by atoms with van der Waals surface area (Å²) < 4.78 is 0. The molecular weight excluding hydrogens is 148 g/mol. The molecule has 1 heterocycles. The minimum absolute atomic E-state index is 0.755. The number of nitrogens with one attached hydrogen (secondary N) is 1. The first-order valence-electron chi connectivity index (χ1n) is 4.50. The number of aromatic nitrogens is 2. The number of nitrogens with zero attached hydrogens (tertiary/aromatic N) is 1. The molecule has 64 valence electrons. The van der Waals surface area contributed by atoms with Crippen molar-refractivity contribution in [1.29, 1.82) is 0 Å². The van der Waals surface area contributed by atoms with E-state index in [4.69, 9.17) is 0 Å². The summed E-state index contributed by atoms with van der Waals surface area (Å²) in [5.41, 5.74) is 2.80. The van der Waals surface area contributed by atoms with Gasteiger partial charge in [0.15, 0.2) is 0 Å². The van der Waals surface area contributed by atoms with Gasteiger partial charge in [0.1, 0.15) is 0 Å². The molecule has 1 aromatic rings. The lowest BCUT2D eigenvalue weighted by atomic mass is 9.97.